The minimum atomic E-state index is -0.736. The standard InChI is InChI=1S/C16H25NO3/c1-2-9-16(15(19)20)10-6-11-17(12-16)14(18)13-7-4-3-5-8-13/h3-4,13H,2,5-12H2,1H3,(H,19,20). The molecule has 0 spiro atoms. The minimum absolute atomic E-state index is 0.0613. The molecule has 2 aliphatic rings. The summed E-state index contributed by atoms with van der Waals surface area (Å²) in [5.74, 6) is -0.512. The molecule has 0 radical (unpaired) electrons. The quantitative estimate of drug-likeness (QED) is 0.805. The van der Waals surface area contributed by atoms with E-state index >= 15 is 0 Å². The zero-order valence-electron chi connectivity index (χ0n) is 12.3. The van der Waals surface area contributed by atoms with Crippen LogP contribution in [0.4, 0.5) is 0 Å². The number of likely N-dealkylation sites (tertiary alicyclic amines) is 1. The van der Waals surface area contributed by atoms with Gasteiger partial charge in [0.1, 0.15) is 0 Å². The van der Waals surface area contributed by atoms with E-state index in [0.29, 0.717) is 19.4 Å². The van der Waals surface area contributed by atoms with Crippen LogP contribution in [0.2, 0.25) is 0 Å². The van der Waals surface area contributed by atoms with Crippen molar-refractivity contribution in [1.82, 2.24) is 4.90 Å². The number of rotatable bonds is 4. The first kappa shape index (κ1) is 15.1. The Kier molecular flexibility index (Phi) is 4.84. The lowest BCUT2D eigenvalue weighted by molar-refractivity contribution is -0.156. The second-order valence-corrected chi connectivity index (χ2v) is 6.18. The van der Waals surface area contributed by atoms with Gasteiger partial charge in [-0.2, -0.15) is 0 Å². The Morgan fingerprint density at radius 3 is 2.80 bits per heavy atom. The summed E-state index contributed by atoms with van der Waals surface area (Å²) in [5, 5.41) is 9.58. The summed E-state index contributed by atoms with van der Waals surface area (Å²) in [4.78, 5) is 26.0. The third-order valence-corrected chi connectivity index (χ3v) is 4.69. The molecule has 0 aromatic rings. The van der Waals surface area contributed by atoms with Crippen LogP contribution in [-0.2, 0) is 9.59 Å². The van der Waals surface area contributed by atoms with Gasteiger partial charge in [0.25, 0.3) is 0 Å². The van der Waals surface area contributed by atoms with Gasteiger partial charge in [0.05, 0.1) is 5.41 Å². The number of carbonyl (C=O) groups excluding carboxylic acids is 1. The number of hydrogen-bond acceptors (Lipinski definition) is 2. The molecule has 112 valence electrons. The van der Waals surface area contributed by atoms with Gasteiger partial charge in [-0.3, -0.25) is 9.59 Å². The van der Waals surface area contributed by atoms with Gasteiger partial charge in [-0.15, -0.1) is 0 Å². The third-order valence-electron chi connectivity index (χ3n) is 4.69. The number of aliphatic carboxylic acids is 1. The van der Waals surface area contributed by atoms with Crippen molar-refractivity contribution in [2.45, 2.75) is 51.9 Å². The summed E-state index contributed by atoms with van der Waals surface area (Å²) in [7, 11) is 0. The van der Waals surface area contributed by atoms with E-state index in [9.17, 15) is 14.7 Å². The number of carboxylic acids is 1. The normalized spacial score (nSPS) is 30.2. The van der Waals surface area contributed by atoms with Crippen LogP contribution in [0.25, 0.3) is 0 Å². The van der Waals surface area contributed by atoms with Crippen molar-refractivity contribution in [1.29, 1.82) is 0 Å². The van der Waals surface area contributed by atoms with E-state index in [2.05, 4.69) is 12.2 Å². The first-order chi connectivity index (χ1) is 9.59. The van der Waals surface area contributed by atoms with Crippen LogP contribution in [0.3, 0.4) is 0 Å². The van der Waals surface area contributed by atoms with Gasteiger partial charge in [-0.1, -0.05) is 25.5 Å². The first-order valence-electron chi connectivity index (χ1n) is 7.76. The summed E-state index contributed by atoms with van der Waals surface area (Å²) in [5.41, 5.74) is -0.715. The molecule has 1 fully saturated rings. The van der Waals surface area contributed by atoms with Crippen LogP contribution >= 0.6 is 0 Å². The maximum Gasteiger partial charge on any atom is 0.311 e. The van der Waals surface area contributed by atoms with Crippen molar-refractivity contribution in [3.8, 4) is 0 Å². The summed E-state index contributed by atoms with van der Waals surface area (Å²) in [6.07, 6.45) is 9.89. The number of allylic oxidation sites excluding steroid dienone is 2. The predicted molar refractivity (Wildman–Crippen MR) is 77.3 cm³/mol. The van der Waals surface area contributed by atoms with E-state index in [1.54, 1.807) is 0 Å². The number of amides is 1. The van der Waals surface area contributed by atoms with E-state index in [1.165, 1.54) is 0 Å². The van der Waals surface area contributed by atoms with E-state index in [0.717, 1.165) is 38.6 Å². The lowest BCUT2D eigenvalue weighted by atomic mass is 9.76. The molecule has 0 bridgehead atoms. The average Bonchev–Trinajstić information content (AvgIpc) is 2.48. The van der Waals surface area contributed by atoms with Crippen molar-refractivity contribution < 1.29 is 14.7 Å². The molecule has 1 amide bonds. The Balaban J connectivity index is 2.07. The first-order valence-corrected chi connectivity index (χ1v) is 7.76. The van der Waals surface area contributed by atoms with Crippen LogP contribution < -0.4 is 0 Å². The zero-order chi connectivity index (χ0) is 14.6. The highest BCUT2D eigenvalue weighted by Crippen LogP contribution is 2.36. The van der Waals surface area contributed by atoms with Gasteiger partial charge < -0.3 is 10.0 Å². The largest absolute Gasteiger partial charge is 0.481 e. The van der Waals surface area contributed by atoms with E-state index in [-0.39, 0.29) is 11.8 Å². The number of carbonyl (C=O) groups is 2. The predicted octanol–water partition coefficient (Wildman–Crippen LogP) is 2.84. The highest BCUT2D eigenvalue weighted by molar-refractivity contribution is 5.81. The highest BCUT2D eigenvalue weighted by Gasteiger charge is 2.43. The number of piperidine rings is 1. The fourth-order valence-electron chi connectivity index (χ4n) is 3.56. The Hall–Kier alpha value is -1.32. The summed E-state index contributed by atoms with van der Waals surface area (Å²) in [6, 6.07) is 0. The van der Waals surface area contributed by atoms with Gasteiger partial charge in [-0.25, -0.2) is 0 Å². The summed E-state index contributed by atoms with van der Waals surface area (Å²) in [6.45, 7) is 3.13. The van der Waals surface area contributed by atoms with Crippen molar-refractivity contribution >= 4 is 11.9 Å². The molecular weight excluding hydrogens is 254 g/mol. The van der Waals surface area contributed by atoms with Gasteiger partial charge in [0, 0.05) is 19.0 Å². The van der Waals surface area contributed by atoms with Crippen LogP contribution in [0, 0.1) is 11.3 Å². The molecule has 2 rings (SSSR count). The topological polar surface area (TPSA) is 57.6 Å². The molecule has 1 aliphatic heterocycles. The van der Waals surface area contributed by atoms with Crippen LogP contribution in [0.5, 0.6) is 0 Å². The fourth-order valence-corrected chi connectivity index (χ4v) is 3.56. The highest BCUT2D eigenvalue weighted by atomic mass is 16.4. The molecule has 1 aliphatic carbocycles. The molecule has 4 nitrogen and oxygen atoms in total. The summed E-state index contributed by atoms with van der Waals surface area (Å²) >= 11 is 0. The molecule has 20 heavy (non-hydrogen) atoms. The molecular formula is C16H25NO3. The lowest BCUT2D eigenvalue weighted by Gasteiger charge is -2.41. The molecule has 2 atom stereocenters. The Labute approximate surface area is 120 Å². The van der Waals surface area contributed by atoms with E-state index in [4.69, 9.17) is 0 Å². The van der Waals surface area contributed by atoms with Gasteiger partial charge in [0.2, 0.25) is 5.91 Å². The lowest BCUT2D eigenvalue weighted by Crippen LogP contribution is -2.51. The molecule has 1 N–H and O–H groups in total. The van der Waals surface area contributed by atoms with Gasteiger partial charge in [0.15, 0.2) is 0 Å². The zero-order valence-corrected chi connectivity index (χ0v) is 12.3. The second-order valence-electron chi connectivity index (χ2n) is 6.18. The van der Waals surface area contributed by atoms with E-state index in [1.807, 2.05) is 11.8 Å². The second kappa shape index (κ2) is 6.42. The van der Waals surface area contributed by atoms with Crippen molar-refractivity contribution in [2.75, 3.05) is 13.1 Å². The average molecular weight is 279 g/mol. The Morgan fingerprint density at radius 1 is 1.40 bits per heavy atom. The van der Waals surface area contributed by atoms with E-state index < -0.39 is 11.4 Å². The number of nitrogens with zero attached hydrogens (tertiary/aromatic N) is 1. The molecule has 1 saturated heterocycles. The number of hydrogen-bond donors (Lipinski definition) is 1. The van der Waals surface area contributed by atoms with Crippen molar-refractivity contribution in [2.24, 2.45) is 11.3 Å². The van der Waals surface area contributed by atoms with Crippen molar-refractivity contribution in [3.05, 3.63) is 12.2 Å². The van der Waals surface area contributed by atoms with Crippen molar-refractivity contribution in [3.63, 3.8) is 0 Å². The molecule has 0 aromatic carbocycles. The smallest absolute Gasteiger partial charge is 0.311 e. The Morgan fingerprint density at radius 2 is 2.20 bits per heavy atom. The summed E-state index contributed by atoms with van der Waals surface area (Å²) < 4.78 is 0. The maximum absolute atomic E-state index is 12.6. The molecule has 4 heteroatoms. The molecule has 0 aromatic heterocycles. The fraction of sp³-hybridized carbons (Fsp3) is 0.750. The Bertz CT molecular complexity index is 401. The number of carboxylic acid groups (broad SMARTS) is 1. The SMILES string of the molecule is CCCC1(C(=O)O)CCCN(C(=O)C2CC=CCC2)C1. The molecule has 0 saturated carbocycles. The third kappa shape index (κ3) is 3.05. The van der Waals surface area contributed by atoms with Crippen LogP contribution in [0.1, 0.15) is 51.9 Å². The molecule has 2 unspecified atom stereocenters. The van der Waals surface area contributed by atoms with Crippen LogP contribution in [0.15, 0.2) is 12.2 Å². The minimum Gasteiger partial charge on any atom is -0.481 e. The van der Waals surface area contributed by atoms with Gasteiger partial charge >= 0.3 is 5.97 Å². The maximum atomic E-state index is 12.6. The van der Waals surface area contributed by atoms with Gasteiger partial charge in [-0.05, 0) is 38.5 Å². The molecule has 1 heterocycles. The van der Waals surface area contributed by atoms with Crippen LogP contribution in [-0.4, -0.2) is 35.0 Å². The monoisotopic (exact) mass is 279 g/mol.